The summed E-state index contributed by atoms with van der Waals surface area (Å²) in [6, 6.07) is 6.46. The van der Waals surface area contributed by atoms with Crippen LogP contribution in [-0.4, -0.2) is 33.2 Å². The highest BCUT2D eigenvalue weighted by Gasteiger charge is 2.27. The molecular formula is C18H22FN3O. The van der Waals surface area contributed by atoms with Gasteiger partial charge in [0.05, 0.1) is 25.2 Å². The molecule has 1 aromatic heterocycles. The second-order valence-corrected chi connectivity index (χ2v) is 6.28. The summed E-state index contributed by atoms with van der Waals surface area (Å²) in [4.78, 5) is 14.6. The monoisotopic (exact) mass is 315 g/mol. The van der Waals surface area contributed by atoms with E-state index in [1.54, 1.807) is 12.1 Å². The summed E-state index contributed by atoms with van der Waals surface area (Å²) in [5.41, 5.74) is 1.85. The number of carbonyl (C=O) groups excluding carboxylic acids is 1. The first-order chi connectivity index (χ1) is 11.1. The Hall–Kier alpha value is -2.17. The van der Waals surface area contributed by atoms with E-state index >= 15 is 0 Å². The number of nitrogens with zero attached hydrogens (tertiary/aromatic N) is 3. The minimum Gasteiger partial charge on any atom is -0.338 e. The van der Waals surface area contributed by atoms with E-state index in [4.69, 9.17) is 0 Å². The zero-order chi connectivity index (χ0) is 16.2. The average Bonchev–Trinajstić information content (AvgIpc) is 2.93. The third-order valence-corrected chi connectivity index (χ3v) is 4.35. The number of likely N-dealkylation sites (tertiary alicyclic amines) is 1. The summed E-state index contributed by atoms with van der Waals surface area (Å²) in [5.74, 6) is -0.221. The Morgan fingerprint density at radius 2 is 2.26 bits per heavy atom. The van der Waals surface area contributed by atoms with Crippen LogP contribution in [0.4, 0.5) is 4.39 Å². The Kier molecular flexibility index (Phi) is 4.74. The van der Waals surface area contributed by atoms with Crippen molar-refractivity contribution in [3.63, 3.8) is 0 Å². The molecule has 1 fully saturated rings. The number of halogens is 1. The largest absolute Gasteiger partial charge is 0.338 e. The van der Waals surface area contributed by atoms with Crippen molar-refractivity contribution >= 4 is 5.91 Å². The molecule has 0 spiro atoms. The lowest BCUT2D eigenvalue weighted by atomic mass is 10.0. The van der Waals surface area contributed by atoms with Crippen LogP contribution in [0.3, 0.4) is 0 Å². The van der Waals surface area contributed by atoms with Gasteiger partial charge in [-0.15, -0.1) is 0 Å². The highest BCUT2D eigenvalue weighted by atomic mass is 19.1. The Bertz CT molecular complexity index is 682. The van der Waals surface area contributed by atoms with E-state index in [1.165, 1.54) is 12.1 Å². The maximum absolute atomic E-state index is 13.3. The molecule has 3 rings (SSSR count). The van der Waals surface area contributed by atoms with Gasteiger partial charge in [-0.1, -0.05) is 12.1 Å². The van der Waals surface area contributed by atoms with Crippen LogP contribution in [0.1, 0.15) is 30.4 Å². The molecule has 1 aromatic carbocycles. The van der Waals surface area contributed by atoms with Crippen molar-refractivity contribution in [2.24, 2.45) is 0 Å². The predicted molar refractivity (Wildman–Crippen MR) is 86.4 cm³/mol. The molecule has 0 saturated carbocycles. The molecule has 1 aliphatic rings. The van der Waals surface area contributed by atoms with Gasteiger partial charge < -0.3 is 4.90 Å². The van der Waals surface area contributed by atoms with Crippen LogP contribution in [0.2, 0.25) is 0 Å². The Labute approximate surface area is 135 Å². The fraction of sp³-hybridized carbons (Fsp3) is 0.444. The van der Waals surface area contributed by atoms with Crippen molar-refractivity contribution in [2.45, 2.75) is 45.2 Å². The molecule has 23 heavy (non-hydrogen) atoms. The summed E-state index contributed by atoms with van der Waals surface area (Å²) in [6.07, 6.45) is 7.25. The molecule has 0 radical (unpaired) electrons. The molecule has 5 heteroatoms. The first-order valence-electron chi connectivity index (χ1n) is 8.15. The second-order valence-electron chi connectivity index (χ2n) is 6.28. The van der Waals surface area contributed by atoms with E-state index in [2.05, 4.69) is 5.10 Å². The van der Waals surface area contributed by atoms with E-state index in [1.807, 2.05) is 28.9 Å². The zero-order valence-electron chi connectivity index (χ0n) is 13.4. The molecule has 0 N–H and O–H groups in total. The van der Waals surface area contributed by atoms with Crippen molar-refractivity contribution in [3.05, 3.63) is 53.6 Å². The smallest absolute Gasteiger partial charge is 0.227 e. The fourth-order valence-corrected chi connectivity index (χ4v) is 3.22. The number of carbonyl (C=O) groups is 1. The van der Waals surface area contributed by atoms with E-state index < -0.39 is 0 Å². The number of hydrogen-bond acceptors (Lipinski definition) is 2. The van der Waals surface area contributed by atoms with Gasteiger partial charge in [-0.05, 0) is 49.4 Å². The Balaban J connectivity index is 1.68. The lowest BCUT2D eigenvalue weighted by Gasteiger charge is -2.36. The minimum absolute atomic E-state index is 0.0733. The number of rotatable bonds is 4. The number of hydrogen-bond donors (Lipinski definition) is 0. The quantitative estimate of drug-likeness (QED) is 0.870. The summed E-state index contributed by atoms with van der Waals surface area (Å²) < 4.78 is 15.2. The SMILES string of the molecule is Cc1cnn(C[C@H]2CCCCN2C(=O)Cc2cccc(F)c2)c1. The number of amides is 1. The molecule has 1 saturated heterocycles. The number of aryl methyl sites for hydroxylation is 1. The third kappa shape index (κ3) is 3.97. The summed E-state index contributed by atoms with van der Waals surface area (Å²) in [6.45, 7) is 3.51. The maximum atomic E-state index is 13.3. The average molecular weight is 315 g/mol. The molecule has 0 unspecified atom stereocenters. The lowest BCUT2D eigenvalue weighted by Crippen LogP contribution is -2.46. The van der Waals surface area contributed by atoms with Gasteiger partial charge in [0.15, 0.2) is 0 Å². The molecule has 1 atom stereocenters. The molecule has 2 heterocycles. The van der Waals surface area contributed by atoms with Crippen LogP contribution in [0, 0.1) is 12.7 Å². The van der Waals surface area contributed by atoms with Gasteiger partial charge in [0.2, 0.25) is 5.91 Å². The van der Waals surface area contributed by atoms with Gasteiger partial charge in [0.1, 0.15) is 5.82 Å². The molecule has 1 amide bonds. The van der Waals surface area contributed by atoms with Gasteiger partial charge in [-0.25, -0.2) is 4.39 Å². The summed E-state index contributed by atoms with van der Waals surface area (Å²) >= 11 is 0. The fourth-order valence-electron chi connectivity index (χ4n) is 3.22. The Morgan fingerprint density at radius 1 is 1.39 bits per heavy atom. The van der Waals surface area contributed by atoms with Crippen molar-refractivity contribution in [2.75, 3.05) is 6.54 Å². The number of benzene rings is 1. The molecule has 0 bridgehead atoms. The van der Waals surface area contributed by atoms with Gasteiger partial charge >= 0.3 is 0 Å². The topological polar surface area (TPSA) is 38.1 Å². The van der Waals surface area contributed by atoms with Gasteiger partial charge in [-0.3, -0.25) is 9.48 Å². The highest BCUT2D eigenvalue weighted by molar-refractivity contribution is 5.79. The third-order valence-electron chi connectivity index (χ3n) is 4.35. The standard InChI is InChI=1S/C18H22FN3O/c1-14-11-20-21(12-14)13-17-7-2-3-8-22(17)18(23)10-15-5-4-6-16(19)9-15/h4-6,9,11-12,17H,2-3,7-8,10,13H2,1H3/t17-/m1/s1. The summed E-state index contributed by atoms with van der Waals surface area (Å²) in [7, 11) is 0. The Morgan fingerprint density at radius 3 is 3.00 bits per heavy atom. The first kappa shape index (κ1) is 15.7. The van der Waals surface area contributed by atoms with Crippen LogP contribution < -0.4 is 0 Å². The zero-order valence-corrected chi connectivity index (χ0v) is 13.4. The second kappa shape index (κ2) is 6.94. The van der Waals surface area contributed by atoms with E-state index in [-0.39, 0.29) is 24.2 Å². The van der Waals surface area contributed by atoms with Crippen LogP contribution in [0.15, 0.2) is 36.7 Å². The van der Waals surface area contributed by atoms with E-state index in [0.717, 1.165) is 43.5 Å². The molecule has 122 valence electrons. The van der Waals surface area contributed by atoms with Crippen molar-refractivity contribution in [3.8, 4) is 0 Å². The highest BCUT2D eigenvalue weighted by Crippen LogP contribution is 2.20. The van der Waals surface area contributed by atoms with Crippen LogP contribution in [-0.2, 0) is 17.8 Å². The summed E-state index contributed by atoms with van der Waals surface area (Å²) in [5, 5.41) is 4.33. The minimum atomic E-state index is -0.294. The van der Waals surface area contributed by atoms with Crippen LogP contribution in [0.5, 0.6) is 0 Å². The van der Waals surface area contributed by atoms with Crippen LogP contribution >= 0.6 is 0 Å². The molecule has 2 aromatic rings. The molecule has 0 aliphatic carbocycles. The maximum Gasteiger partial charge on any atom is 0.227 e. The van der Waals surface area contributed by atoms with E-state index in [9.17, 15) is 9.18 Å². The van der Waals surface area contributed by atoms with Crippen molar-refractivity contribution in [1.29, 1.82) is 0 Å². The van der Waals surface area contributed by atoms with Crippen molar-refractivity contribution in [1.82, 2.24) is 14.7 Å². The number of piperidine rings is 1. The van der Waals surface area contributed by atoms with Gasteiger partial charge in [0, 0.05) is 12.7 Å². The normalized spacial score (nSPS) is 18.2. The van der Waals surface area contributed by atoms with Gasteiger partial charge in [0.25, 0.3) is 0 Å². The predicted octanol–water partition coefficient (Wildman–Crippen LogP) is 2.95. The van der Waals surface area contributed by atoms with E-state index in [0.29, 0.717) is 0 Å². The van der Waals surface area contributed by atoms with Gasteiger partial charge in [-0.2, -0.15) is 5.10 Å². The molecule has 4 nitrogen and oxygen atoms in total. The lowest BCUT2D eigenvalue weighted by molar-refractivity contribution is -0.134. The molecule has 1 aliphatic heterocycles. The molecular weight excluding hydrogens is 293 g/mol. The first-order valence-corrected chi connectivity index (χ1v) is 8.15. The van der Waals surface area contributed by atoms with Crippen LogP contribution in [0.25, 0.3) is 0 Å². The number of aromatic nitrogens is 2. The van der Waals surface area contributed by atoms with Crippen molar-refractivity contribution < 1.29 is 9.18 Å².